The van der Waals surface area contributed by atoms with Crippen molar-refractivity contribution in [3.05, 3.63) is 23.3 Å². The molecule has 0 aromatic heterocycles. The number of rotatable bonds is 2. The smallest absolute Gasteiger partial charge is 0.0678 e. The predicted octanol–water partition coefficient (Wildman–Crippen LogP) is 0.227. The van der Waals surface area contributed by atoms with Crippen LogP contribution in [-0.2, 0) is 0 Å². The molecule has 0 atom stereocenters. The van der Waals surface area contributed by atoms with Crippen molar-refractivity contribution >= 4 is 0 Å². The summed E-state index contributed by atoms with van der Waals surface area (Å²) in [5.41, 5.74) is 1.90. The monoisotopic (exact) mass is 126 g/mol. The lowest BCUT2D eigenvalue weighted by Gasteiger charge is -1.89. The molecule has 2 nitrogen and oxygen atoms in total. The highest BCUT2D eigenvalue weighted by Gasteiger charge is 2.02. The fraction of sp³-hybridized carbons (Fsp3) is 0.429. The first-order valence-electron chi connectivity index (χ1n) is 2.97. The van der Waals surface area contributed by atoms with Crippen molar-refractivity contribution in [2.45, 2.75) is 6.42 Å². The van der Waals surface area contributed by atoms with Crippen molar-refractivity contribution in [1.82, 2.24) is 0 Å². The van der Waals surface area contributed by atoms with E-state index in [0.717, 1.165) is 17.6 Å². The molecular formula is C7H10O2. The Morgan fingerprint density at radius 3 is 2.44 bits per heavy atom. The van der Waals surface area contributed by atoms with E-state index in [2.05, 4.69) is 0 Å². The van der Waals surface area contributed by atoms with Crippen LogP contribution in [0.5, 0.6) is 0 Å². The van der Waals surface area contributed by atoms with E-state index in [1.165, 1.54) is 0 Å². The standard InChI is InChI=1S/C7H10O2/c8-4-6-1-2-7(3-6)5-9/h1,3,8-9H,2,4-5H2. The summed E-state index contributed by atoms with van der Waals surface area (Å²) in [6.07, 6.45) is 4.55. The molecule has 0 aromatic rings. The third-order valence-corrected chi connectivity index (χ3v) is 1.40. The van der Waals surface area contributed by atoms with Gasteiger partial charge in [0, 0.05) is 0 Å². The summed E-state index contributed by atoms with van der Waals surface area (Å²) in [5.74, 6) is 0. The van der Waals surface area contributed by atoms with Gasteiger partial charge in [-0.3, -0.25) is 0 Å². The maximum atomic E-state index is 8.60. The molecule has 0 unspecified atom stereocenters. The highest BCUT2D eigenvalue weighted by atomic mass is 16.3. The SMILES string of the molecule is OCC1=CCC(CO)=C1. The second kappa shape index (κ2) is 2.80. The maximum Gasteiger partial charge on any atom is 0.0678 e. The zero-order chi connectivity index (χ0) is 6.69. The molecule has 50 valence electrons. The van der Waals surface area contributed by atoms with Crippen LogP contribution in [0.4, 0.5) is 0 Å². The van der Waals surface area contributed by atoms with Crippen molar-refractivity contribution in [2.24, 2.45) is 0 Å². The molecule has 2 N–H and O–H groups in total. The maximum absolute atomic E-state index is 8.60. The van der Waals surface area contributed by atoms with Crippen LogP contribution in [0.25, 0.3) is 0 Å². The van der Waals surface area contributed by atoms with Gasteiger partial charge in [0.1, 0.15) is 0 Å². The minimum Gasteiger partial charge on any atom is -0.392 e. The molecular weight excluding hydrogens is 116 g/mol. The van der Waals surface area contributed by atoms with Gasteiger partial charge in [-0.2, -0.15) is 0 Å². The van der Waals surface area contributed by atoms with Gasteiger partial charge in [0.2, 0.25) is 0 Å². The Morgan fingerprint density at radius 1 is 1.33 bits per heavy atom. The fourth-order valence-electron chi connectivity index (χ4n) is 0.863. The topological polar surface area (TPSA) is 40.5 Å². The molecule has 1 aliphatic carbocycles. The molecule has 2 heteroatoms. The van der Waals surface area contributed by atoms with Gasteiger partial charge in [-0.05, 0) is 17.6 Å². The minimum atomic E-state index is 0.0868. The van der Waals surface area contributed by atoms with Crippen molar-refractivity contribution < 1.29 is 10.2 Å². The second-order valence-corrected chi connectivity index (χ2v) is 2.10. The number of aliphatic hydroxyl groups is 2. The van der Waals surface area contributed by atoms with E-state index in [1.54, 1.807) is 0 Å². The molecule has 9 heavy (non-hydrogen) atoms. The summed E-state index contributed by atoms with van der Waals surface area (Å²) in [5, 5.41) is 17.2. The lowest BCUT2D eigenvalue weighted by Crippen LogP contribution is -1.85. The van der Waals surface area contributed by atoms with E-state index in [4.69, 9.17) is 10.2 Å². The van der Waals surface area contributed by atoms with Crippen LogP contribution in [0.3, 0.4) is 0 Å². The average Bonchev–Trinajstić information content (AvgIpc) is 2.34. The molecule has 0 radical (unpaired) electrons. The molecule has 0 heterocycles. The normalized spacial score (nSPS) is 17.6. The van der Waals surface area contributed by atoms with Gasteiger partial charge in [-0.25, -0.2) is 0 Å². The number of hydrogen-bond acceptors (Lipinski definition) is 2. The van der Waals surface area contributed by atoms with Crippen LogP contribution in [0.15, 0.2) is 23.3 Å². The molecule has 0 aliphatic heterocycles. The molecule has 1 rings (SSSR count). The molecule has 0 saturated carbocycles. The van der Waals surface area contributed by atoms with Gasteiger partial charge in [0.15, 0.2) is 0 Å². The van der Waals surface area contributed by atoms with Gasteiger partial charge >= 0.3 is 0 Å². The van der Waals surface area contributed by atoms with Crippen LogP contribution in [0.2, 0.25) is 0 Å². The van der Waals surface area contributed by atoms with E-state index in [-0.39, 0.29) is 13.2 Å². The van der Waals surface area contributed by atoms with E-state index in [0.29, 0.717) is 0 Å². The van der Waals surface area contributed by atoms with E-state index in [9.17, 15) is 0 Å². The zero-order valence-corrected chi connectivity index (χ0v) is 5.17. The first-order chi connectivity index (χ1) is 4.36. The van der Waals surface area contributed by atoms with Gasteiger partial charge in [-0.1, -0.05) is 12.2 Å². The first-order valence-corrected chi connectivity index (χ1v) is 2.97. The Labute approximate surface area is 54.1 Å². The summed E-state index contributed by atoms with van der Waals surface area (Å²) >= 11 is 0. The Bertz CT molecular complexity index is 156. The summed E-state index contributed by atoms with van der Waals surface area (Å²) in [4.78, 5) is 0. The Balaban J connectivity index is 2.52. The molecule has 0 amide bonds. The largest absolute Gasteiger partial charge is 0.392 e. The average molecular weight is 126 g/mol. The molecule has 0 fully saturated rings. The summed E-state index contributed by atoms with van der Waals surface area (Å²) in [6, 6.07) is 0. The van der Waals surface area contributed by atoms with Crippen molar-refractivity contribution in [3.63, 3.8) is 0 Å². The summed E-state index contributed by atoms with van der Waals surface area (Å²) in [7, 11) is 0. The quantitative estimate of drug-likeness (QED) is 0.556. The van der Waals surface area contributed by atoms with Gasteiger partial charge < -0.3 is 10.2 Å². The van der Waals surface area contributed by atoms with Gasteiger partial charge in [0.05, 0.1) is 13.2 Å². The van der Waals surface area contributed by atoms with Crippen LogP contribution in [0.1, 0.15) is 6.42 Å². The lowest BCUT2D eigenvalue weighted by atomic mass is 10.2. The van der Waals surface area contributed by atoms with Crippen LogP contribution >= 0.6 is 0 Å². The van der Waals surface area contributed by atoms with Crippen LogP contribution in [0, 0.1) is 0 Å². The second-order valence-electron chi connectivity index (χ2n) is 2.10. The van der Waals surface area contributed by atoms with Crippen molar-refractivity contribution in [2.75, 3.05) is 13.2 Å². The van der Waals surface area contributed by atoms with E-state index < -0.39 is 0 Å². The minimum absolute atomic E-state index is 0.0868. The Hall–Kier alpha value is -0.600. The number of hydrogen-bond donors (Lipinski definition) is 2. The number of aliphatic hydroxyl groups excluding tert-OH is 2. The molecule has 1 aliphatic rings. The molecule has 0 spiro atoms. The summed E-state index contributed by atoms with van der Waals surface area (Å²) < 4.78 is 0. The van der Waals surface area contributed by atoms with Crippen molar-refractivity contribution in [3.8, 4) is 0 Å². The fourth-order valence-corrected chi connectivity index (χ4v) is 0.863. The van der Waals surface area contributed by atoms with Gasteiger partial charge in [-0.15, -0.1) is 0 Å². The van der Waals surface area contributed by atoms with Crippen molar-refractivity contribution in [1.29, 1.82) is 0 Å². The third-order valence-electron chi connectivity index (χ3n) is 1.40. The van der Waals surface area contributed by atoms with Gasteiger partial charge in [0.25, 0.3) is 0 Å². The Kier molecular flexibility index (Phi) is 2.03. The third kappa shape index (κ3) is 1.40. The predicted molar refractivity (Wildman–Crippen MR) is 35.0 cm³/mol. The molecule has 0 saturated heterocycles. The molecule has 0 aromatic carbocycles. The zero-order valence-electron chi connectivity index (χ0n) is 5.17. The highest BCUT2D eigenvalue weighted by Crippen LogP contribution is 2.15. The lowest BCUT2D eigenvalue weighted by molar-refractivity contribution is 0.328. The first kappa shape index (κ1) is 6.52. The summed E-state index contributed by atoms with van der Waals surface area (Å²) in [6.45, 7) is 0.198. The van der Waals surface area contributed by atoms with Crippen LogP contribution in [-0.4, -0.2) is 23.4 Å². The van der Waals surface area contributed by atoms with E-state index >= 15 is 0 Å². The van der Waals surface area contributed by atoms with E-state index in [1.807, 2.05) is 12.2 Å². The van der Waals surface area contributed by atoms with Crippen LogP contribution < -0.4 is 0 Å². The number of allylic oxidation sites excluding steroid dienone is 1. The Morgan fingerprint density at radius 2 is 2.11 bits per heavy atom. The highest BCUT2D eigenvalue weighted by molar-refractivity contribution is 5.32. The molecule has 0 bridgehead atoms.